The van der Waals surface area contributed by atoms with E-state index < -0.39 is 0 Å². The zero-order valence-electron chi connectivity index (χ0n) is 10.7. The van der Waals surface area contributed by atoms with Gasteiger partial charge in [0.05, 0.1) is 11.4 Å². The molecule has 0 radical (unpaired) electrons. The highest BCUT2D eigenvalue weighted by Crippen LogP contribution is 2.25. The number of rotatable bonds is 4. The first-order valence-corrected chi connectivity index (χ1v) is 6.53. The highest BCUT2D eigenvalue weighted by molar-refractivity contribution is 6.30. The van der Waals surface area contributed by atoms with E-state index in [2.05, 4.69) is 0 Å². The lowest BCUT2D eigenvalue weighted by Gasteiger charge is -2.25. The maximum Gasteiger partial charge on any atom is 0.129 e. The summed E-state index contributed by atoms with van der Waals surface area (Å²) >= 11 is 5.76. The number of hydrogen-bond donors (Lipinski definition) is 1. The molecule has 2 nitrogen and oxygen atoms in total. The number of nitrogens with two attached hydrogens (primary N) is 1. The van der Waals surface area contributed by atoms with Crippen LogP contribution in [0.4, 0.5) is 15.8 Å². The summed E-state index contributed by atoms with van der Waals surface area (Å²) in [5.41, 5.74) is 8.17. The molecule has 0 aliphatic heterocycles. The first-order valence-electron chi connectivity index (χ1n) is 6.15. The quantitative estimate of drug-likeness (QED) is 0.854. The van der Waals surface area contributed by atoms with E-state index in [0.29, 0.717) is 22.8 Å². The van der Waals surface area contributed by atoms with Crippen molar-refractivity contribution in [2.75, 3.05) is 17.2 Å². The number of nitrogens with zero attached hydrogens (tertiary/aromatic N) is 1. The predicted octanol–water partition coefficient (Wildman–Crippen LogP) is 4.09. The summed E-state index contributed by atoms with van der Waals surface area (Å²) in [5, 5.41) is 0.406. The molecule has 0 aliphatic carbocycles. The van der Waals surface area contributed by atoms with Crippen LogP contribution < -0.4 is 10.6 Å². The van der Waals surface area contributed by atoms with Crippen molar-refractivity contribution in [3.05, 3.63) is 58.9 Å². The molecule has 0 heterocycles. The molecular weight excluding hydrogens is 263 g/mol. The van der Waals surface area contributed by atoms with Crippen LogP contribution in [-0.2, 0) is 6.54 Å². The standard InChI is InChI=1S/C15H16ClFN2/c1-2-19(15-6-4-3-5-14(15)18)10-11-7-8-12(16)9-13(11)17/h3-9H,2,10,18H2,1H3. The minimum Gasteiger partial charge on any atom is -0.397 e. The minimum absolute atomic E-state index is 0.291. The van der Waals surface area contributed by atoms with Crippen molar-refractivity contribution in [1.82, 2.24) is 0 Å². The van der Waals surface area contributed by atoms with Gasteiger partial charge in [0.25, 0.3) is 0 Å². The summed E-state index contributed by atoms with van der Waals surface area (Å²) in [5.74, 6) is -0.291. The Balaban J connectivity index is 2.27. The Morgan fingerprint density at radius 2 is 1.95 bits per heavy atom. The summed E-state index contributed by atoms with van der Waals surface area (Å²) in [6, 6.07) is 12.3. The lowest BCUT2D eigenvalue weighted by atomic mass is 10.1. The molecule has 0 aliphatic rings. The van der Waals surface area contributed by atoms with Gasteiger partial charge in [0, 0.05) is 23.7 Å². The molecule has 2 aromatic rings. The SMILES string of the molecule is CCN(Cc1ccc(Cl)cc1F)c1ccccc1N. The van der Waals surface area contributed by atoms with Gasteiger partial charge >= 0.3 is 0 Å². The van der Waals surface area contributed by atoms with Crippen LogP contribution in [0.5, 0.6) is 0 Å². The molecule has 0 unspecified atom stereocenters. The average molecular weight is 279 g/mol. The van der Waals surface area contributed by atoms with Crippen LogP contribution in [0.15, 0.2) is 42.5 Å². The molecule has 100 valence electrons. The van der Waals surface area contributed by atoms with Gasteiger partial charge in [-0.25, -0.2) is 4.39 Å². The van der Waals surface area contributed by atoms with Crippen LogP contribution in [0.1, 0.15) is 12.5 Å². The van der Waals surface area contributed by atoms with Crippen molar-refractivity contribution >= 4 is 23.0 Å². The number of anilines is 2. The van der Waals surface area contributed by atoms with Crippen molar-refractivity contribution in [2.45, 2.75) is 13.5 Å². The van der Waals surface area contributed by atoms with Crippen LogP contribution in [0.2, 0.25) is 5.02 Å². The second-order valence-corrected chi connectivity index (χ2v) is 4.75. The van der Waals surface area contributed by atoms with Crippen LogP contribution in [-0.4, -0.2) is 6.54 Å². The number of benzene rings is 2. The van der Waals surface area contributed by atoms with Crippen LogP contribution >= 0.6 is 11.6 Å². The number of para-hydroxylation sites is 2. The van der Waals surface area contributed by atoms with Crippen LogP contribution in [0.25, 0.3) is 0 Å². The van der Waals surface area contributed by atoms with Gasteiger partial charge in [0.1, 0.15) is 5.82 Å². The van der Waals surface area contributed by atoms with Gasteiger partial charge in [-0.3, -0.25) is 0 Å². The summed E-state index contributed by atoms with van der Waals surface area (Å²) in [6.45, 7) is 3.23. The second kappa shape index (κ2) is 5.93. The van der Waals surface area contributed by atoms with Crippen molar-refractivity contribution in [1.29, 1.82) is 0 Å². The Bertz CT molecular complexity index is 572. The smallest absolute Gasteiger partial charge is 0.129 e. The van der Waals surface area contributed by atoms with E-state index in [9.17, 15) is 4.39 Å². The Hall–Kier alpha value is -1.74. The van der Waals surface area contributed by atoms with E-state index in [4.69, 9.17) is 17.3 Å². The summed E-state index contributed by atoms with van der Waals surface area (Å²) in [4.78, 5) is 2.03. The molecule has 2 aromatic carbocycles. The minimum atomic E-state index is -0.291. The molecule has 0 saturated carbocycles. The number of hydrogen-bond acceptors (Lipinski definition) is 2. The zero-order chi connectivity index (χ0) is 13.8. The molecule has 0 amide bonds. The molecule has 0 bridgehead atoms. The van der Waals surface area contributed by atoms with Crippen molar-refractivity contribution < 1.29 is 4.39 Å². The monoisotopic (exact) mass is 278 g/mol. The largest absolute Gasteiger partial charge is 0.397 e. The van der Waals surface area contributed by atoms with Gasteiger partial charge in [-0.1, -0.05) is 29.8 Å². The maximum absolute atomic E-state index is 13.8. The second-order valence-electron chi connectivity index (χ2n) is 4.31. The molecule has 2 N–H and O–H groups in total. The molecule has 0 aromatic heterocycles. The van der Waals surface area contributed by atoms with E-state index in [1.165, 1.54) is 6.07 Å². The summed E-state index contributed by atoms with van der Waals surface area (Å²) < 4.78 is 13.8. The normalized spacial score (nSPS) is 10.5. The molecule has 0 atom stereocenters. The Labute approximate surface area is 117 Å². The molecule has 0 spiro atoms. The van der Waals surface area contributed by atoms with Gasteiger partial charge < -0.3 is 10.6 Å². The topological polar surface area (TPSA) is 29.3 Å². The van der Waals surface area contributed by atoms with Crippen molar-refractivity contribution in [2.24, 2.45) is 0 Å². The predicted molar refractivity (Wildman–Crippen MR) is 79.0 cm³/mol. The summed E-state index contributed by atoms with van der Waals surface area (Å²) in [7, 11) is 0. The Morgan fingerprint density at radius 3 is 2.58 bits per heavy atom. The fraction of sp³-hybridized carbons (Fsp3) is 0.200. The van der Waals surface area contributed by atoms with Crippen molar-refractivity contribution in [3.63, 3.8) is 0 Å². The van der Waals surface area contributed by atoms with Gasteiger partial charge in [0.2, 0.25) is 0 Å². The third-order valence-electron chi connectivity index (χ3n) is 3.04. The first kappa shape index (κ1) is 13.7. The molecular formula is C15H16ClFN2. The third kappa shape index (κ3) is 3.18. The lowest BCUT2D eigenvalue weighted by Crippen LogP contribution is -2.23. The lowest BCUT2D eigenvalue weighted by molar-refractivity contribution is 0.605. The fourth-order valence-corrected chi connectivity index (χ4v) is 2.16. The highest BCUT2D eigenvalue weighted by atomic mass is 35.5. The van der Waals surface area contributed by atoms with Gasteiger partial charge in [-0.05, 0) is 31.2 Å². The Morgan fingerprint density at radius 1 is 1.21 bits per heavy atom. The molecule has 0 saturated heterocycles. The number of halogens is 2. The van der Waals surface area contributed by atoms with Gasteiger partial charge in [-0.15, -0.1) is 0 Å². The number of nitrogen functional groups attached to an aromatic ring is 1. The van der Waals surface area contributed by atoms with Crippen molar-refractivity contribution in [3.8, 4) is 0 Å². The van der Waals surface area contributed by atoms with E-state index >= 15 is 0 Å². The average Bonchev–Trinajstić information content (AvgIpc) is 2.39. The molecule has 2 rings (SSSR count). The van der Waals surface area contributed by atoms with Gasteiger partial charge in [0.15, 0.2) is 0 Å². The molecule has 0 fully saturated rings. The van der Waals surface area contributed by atoms with E-state index in [-0.39, 0.29) is 5.82 Å². The molecule has 4 heteroatoms. The molecule has 19 heavy (non-hydrogen) atoms. The Kier molecular flexibility index (Phi) is 4.27. The van der Waals surface area contributed by atoms with Crippen LogP contribution in [0.3, 0.4) is 0 Å². The van der Waals surface area contributed by atoms with Gasteiger partial charge in [-0.2, -0.15) is 0 Å². The maximum atomic E-state index is 13.8. The summed E-state index contributed by atoms with van der Waals surface area (Å²) in [6.07, 6.45) is 0. The first-order chi connectivity index (χ1) is 9.11. The fourth-order valence-electron chi connectivity index (χ4n) is 2.00. The highest BCUT2D eigenvalue weighted by Gasteiger charge is 2.11. The zero-order valence-corrected chi connectivity index (χ0v) is 11.5. The van der Waals surface area contributed by atoms with E-state index in [1.807, 2.05) is 36.1 Å². The van der Waals surface area contributed by atoms with Crippen LogP contribution in [0, 0.1) is 5.82 Å². The van der Waals surface area contributed by atoms with E-state index in [1.54, 1.807) is 12.1 Å². The third-order valence-corrected chi connectivity index (χ3v) is 3.27. The van der Waals surface area contributed by atoms with E-state index in [0.717, 1.165) is 12.2 Å².